The standard InChI is InChI=1S/C18H27N3O2S/c1-15(22)19-11-5-2-3-8-18(23)21-13-9-16(10-14-21)24-17-7-4-6-12-20-17/h4,6-7,12,16H,2-3,5,8-11,13-14H2,1H3,(H,19,22). The summed E-state index contributed by atoms with van der Waals surface area (Å²) < 4.78 is 0. The summed E-state index contributed by atoms with van der Waals surface area (Å²) in [6, 6.07) is 5.99. The number of aromatic nitrogens is 1. The smallest absolute Gasteiger partial charge is 0.222 e. The Bertz CT molecular complexity index is 516. The van der Waals surface area contributed by atoms with Crippen molar-refractivity contribution in [2.75, 3.05) is 19.6 Å². The fourth-order valence-electron chi connectivity index (χ4n) is 2.81. The van der Waals surface area contributed by atoms with Crippen molar-refractivity contribution in [2.24, 2.45) is 0 Å². The minimum atomic E-state index is 0.0116. The number of amides is 2. The maximum absolute atomic E-state index is 12.2. The van der Waals surface area contributed by atoms with Crippen molar-refractivity contribution in [1.29, 1.82) is 0 Å². The van der Waals surface area contributed by atoms with E-state index in [9.17, 15) is 9.59 Å². The van der Waals surface area contributed by atoms with Crippen molar-refractivity contribution >= 4 is 23.6 Å². The molecular weight excluding hydrogens is 322 g/mol. The maximum Gasteiger partial charge on any atom is 0.222 e. The van der Waals surface area contributed by atoms with Gasteiger partial charge in [0.05, 0.1) is 5.03 Å². The summed E-state index contributed by atoms with van der Waals surface area (Å²) in [5, 5.41) is 4.41. The number of pyridine rings is 1. The number of carbonyl (C=O) groups excluding carboxylic acids is 2. The van der Waals surface area contributed by atoms with Crippen LogP contribution in [0.25, 0.3) is 0 Å². The van der Waals surface area contributed by atoms with E-state index in [2.05, 4.69) is 10.3 Å². The van der Waals surface area contributed by atoms with Crippen LogP contribution >= 0.6 is 11.8 Å². The topological polar surface area (TPSA) is 62.3 Å². The molecule has 132 valence electrons. The van der Waals surface area contributed by atoms with Crippen molar-refractivity contribution in [2.45, 2.75) is 55.7 Å². The number of hydrogen-bond donors (Lipinski definition) is 1. The van der Waals surface area contributed by atoms with Gasteiger partial charge in [-0.2, -0.15) is 0 Å². The molecule has 0 atom stereocenters. The summed E-state index contributed by atoms with van der Waals surface area (Å²) in [7, 11) is 0. The van der Waals surface area contributed by atoms with Gasteiger partial charge >= 0.3 is 0 Å². The van der Waals surface area contributed by atoms with Crippen LogP contribution in [0.3, 0.4) is 0 Å². The fourth-order valence-corrected chi connectivity index (χ4v) is 3.88. The highest BCUT2D eigenvalue weighted by Crippen LogP contribution is 2.29. The molecule has 1 aromatic rings. The summed E-state index contributed by atoms with van der Waals surface area (Å²) in [6.45, 7) is 3.95. The van der Waals surface area contributed by atoms with E-state index in [1.807, 2.05) is 41.1 Å². The zero-order chi connectivity index (χ0) is 17.2. The van der Waals surface area contributed by atoms with Gasteiger partial charge in [0.15, 0.2) is 0 Å². The Labute approximate surface area is 148 Å². The first-order valence-electron chi connectivity index (χ1n) is 8.75. The average Bonchev–Trinajstić information content (AvgIpc) is 2.59. The van der Waals surface area contributed by atoms with Gasteiger partial charge in [0, 0.05) is 44.4 Å². The van der Waals surface area contributed by atoms with Crippen LogP contribution in [0.4, 0.5) is 0 Å². The normalized spacial score (nSPS) is 15.3. The average molecular weight is 350 g/mol. The third-order valence-corrected chi connectivity index (χ3v) is 5.45. The van der Waals surface area contributed by atoms with E-state index in [0.29, 0.717) is 18.2 Å². The van der Waals surface area contributed by atoms with E-state index < -0.39 is 0 Å². The molecule has 2 heterocycles. The molecule has 24 heavy (non-hydrogen) atoms. The molecule has 2 amide bonds. The highest BCUT2D eigenvalue weighted by atomic mass is 32.2. The van der Waals surface area contributed by atoms with Gasteiger partial charge in [0.25, 0.3) is 0 Å². The van der Waals surface area contributed by atoms with Crippen molar-refractivity contribution in [1.82, 2.24) is 15.2 Å². The quantitative estimate of drug-likeness (QED) is 0.733. The van der Waals surface area contributed by atoms with Crippen LogP contribution in [0, 0.1) is 0 Å². The minimum absolute atomic E-state index is 0.0116. The van der Waals surface area contributed by atoms with Gasteiger partial charge in [-0.05, 0) is 37.8 Å². The minimum Gasteiger partial charge on any atom is -0.356 e. The number of nitrogens with zero attached hydrogens (tertiary/aromatic N) is 2. The van der Waals surface area contributed by atoms with Gasteiger partial charge in [-0.25, -0.2) is 4.98 Å². The van der Waals surface area contributed by atoms with E-state index in [-0.39, 0.29) is 11.8 Å². The number of hydrogen-bond acceptors (Lipinski definition) is 4. The largest absolute Gasteiger partial charge is 0.356 e. The van der Waals surface area contributed by atoms with Crippen LogP contribution in [0.15, 0.2) is 29.4 Å². The number of nitrogens with one attached hydrogen (secondary N) is 1. The van der Waals surface area contributed by atoms with Crippen LogP contribution in [-0.2, 0) is 9.59 Å². The molecule has 0 spiro atoms. The predicted octanol–water partition coefficient (Wildman–Crippen LogP) is 2.86. The van der Waals surface area contributed by atoms with Crippen molar-refractivity contribution in [3.05, 3.63) is 24.4 Å². The Hall–Kier alpha value is -1.56. The van der Waals surface area contributed by atoms with E-state index in [1.54, 1.807) is 0 Å². The zero-order valence-corrected chi connectivity index (χ0v) is 15.2. The van der Waals surface area contributed by atoms with Gasteiger partial charge in [0.2, 0.25) is 11.8 Å². The predicted molar refractivity (Wildman–Crippen MR) is 96.8 cm³/mol. The number of unbranched alkanes of at least 4 members (excludes halogenated alkanes) is 2. The van der Waals surface area contributed by atoms with Crippen LogP contribution in [0.2, 0.25) is 0 Å². The summed E-state index contributed by atoms with van der Waals surface area (Å²) in [5.74, 6) is 0.285. The van der Waals surface area contributed by atoms with Crippen molar-refractivity contribution < 1.29 is 9.59 Å². The number of carbonyl (C=O) groups is 2. The molecule has 1 N–H and O–H groups in total. The lowest BCUT2D eigenvalue weighted by Gasteiger charge is -2.31. The highest BCUT2D eigenvalue weighted by Gasteiger charge is 2.23. The van der Waals surface area contributed by atoms with Crippen LogP contribution < -0.4 is 5.32 Å². The number of piperidine rings is 1. The molecule has 1 aliphatic heterocycles. The first-order valence-corrected chi connectivity index (χ1v) is 9.63. The van der Waals surface area contributed by atoms with Crippen LogP contribution in [0.5, 0.6) is 0 Å². The van der Waals surface area contributed by atoms with Crippen molar-refractivity contribution in [3.63, 3.8) is 0 Å². The molecular formula is C18H27N3O2S. The molecule has 0 aromatic carbocycles. The lowest BCUT2D eigenvalue weighted by molar-refractivity contribution is -0.132. The lowest BCUT2D eigenvalue weighted by Crippen LogP contribution is -2.39. The van der Waals surface area contributed by atoms with Gasteiger partial charge in [-0.3, -0.25) is 9.59 Å². The molecule has 1 aliphatic rings. The van der Waals surface area contributed by atoms with Gasteiger partial charge in [0.1, 0.15) is 0 Å². The van der Waals surface area contributed by atoms with Gasteiger partial charge < -0.3 is 10.2 Å². The molecule has 5 nitrogen and oxygen atoms in total. The van der Waals surface area contributed by atoms with E-state index >= 15 is 0 Å². The molecule has 0 aliphatic carbocycles. The van der Waals surface area contributed by atoms with Crippen LogP contribution in [-0.4, -0.2) is 46.6 Å². The molecule has 0 saturated carbocycles. The summed E-state index contributed by atoms with van der Waals surface area (Å²) in [6.07, 6.45) is 7.35. The number of likely N-dealkylation sites (tertiary alicyclic amines) is 1. The second-order valence-corrected chi connectivity index (χ2v) is 7.48. The second-order valence-electron chi connectivity index (χ2n) is 6.16. The first-order chi connectivity index (χ1) is 11.6. The highest BCUT2D eigenvalue weighted by molar-refractivity contribution is 7.99. The molecule has 1 fully saturated rings. The van der Waals surface area contributed by atoms with E-state index in [1.165, 1.54) is 6.92 Å². The van der Waals surface area contributed by atoms with E-state index in [4.69, 9.17) is 0 Å². The Morgan fingerprint density at radius 1 is 1.25 bits per heavy atom. The van der Waals surface area contributed by atoms with Crippen molar-refractivity contribution in [3.8, 4) is 0 Å². The summed E-state index contributed by atoms with van der Waals surface area (Å²) >= 11 is 1.82. The zero-order valence-electron chi connectivity index (χ0n) is 14.4. The molecule has 6 heteroatoms. The molecule has 0 unspecified atom stereocenters. The fraction of sp³-hybridized carbons (Fsp3) is 0.611. The Balaban J connectivity index is 1.58. The number of thioether (sulfide) groups is 1. The second kappa shape index (κ2) is 10.3. The molecule has 0 radical (unpaired) electrons. The summed E-state index contributed by atoms with van der Waals surface area (Å²) in [5.41, 5.74) is 0. The SMILES string of the molecule is CC(=O)NCCCCCC(=O)N1CCC(Sc2ccccn2)CC1. The first kappa shape index (κ1) is 18.8. The molecule has 0 bridgehead atoms. The van der Waals surface area contributed by atoms with Gasteiger partial charge in [-0.15, -0.1) is 11.8 Å². The molecule has 1 saturated heterocycles. The number of rotatable bonds is 8. The summed E-state index contributed by atoms with van der Waals surface area (Å²) in [4.78, 5) is 29.4. The Morgan fingerprint density at radius 3 is 2.71 bits per heavy atom. The third kappa shape index (κ3) is 6.91. The maximum atomic E-state index is 12.2. The monoisotopic (exact) mass is 349 g/mol. The Kier molecular flexibility index (Phi) is 8.08. The third-order valence-electron chi connectivity index (χ3n) is 4.16. The van der Waals surface area contributed by atoms with E-state index in [0.717, 1.165) is 50.2 Å². The molecule has 2 rings (SSSR count). The van der Waals surface area contributed by atoms with Crippen LogP contribution in [0.1, 0.15) is 45.4 Å². The molecule has 1 aromatic heterocycles. The van der Waals surface area contributed by atoms with Gasteiger partial charge in [-0.1, -0.05) is 12.5 Å². The lowest BCUT2D eigenvalue weighted by atomic mass is 10.1. The Morgan fingerprint density at radius 2 is 2.04 bits per heavy atom.